The lowest BCUT2D eigenvalue weighted by Gasteiger charge is -2.37. The summed E-state index contributed by atoms with van der Waals surface area (Å²) in [6.45, 7) is 4.96. The third-order valence-electron chi connectivity index (χ3n) is 5.36. The van der Waals surface area contributed by atoms with Crippen molar-refractivity contribution >= 4 is 0 Å². The fourth-order valence-corrected chi connectivity index (χ4v) is 4.22. The van der Waals surface area contributed by atoms with Crippen molar-refractivity contribution in [2.24, 2.45) is 23.7 Å². The highest BCUT2D eigenvalue weighted by atomic mass is 19.3. The first kappa shape index (κ1) is 15.0. The average molecular weight is 270 g/mol. The number of alkyl halides is 2. The minimum Gasteiger partial charge on any atom is -0.207 e. The molecule has 0 nitrogen and oxygen atoms in total. The molecule has 0 aromatic rings. The van der Waals surface area contributed by atoms with Crippen LogP contribution < -0.4 is 0 Å². The van der Waals surface area contributed by atoms with Crippen LogP contribution in [-0.4, -0.2) is 5.92 Å². The van der Waals surface area contributed by atoms with E-state index in [1.54, 1.807) is 0 Å². The van der Waals surface area contributed by atoms with Gasteiger partial charge in [0.2, 0.25) is 5.92 Å². The van der Waals surface area contributed by atoms with Crippen LogP contribution in [0.3, 0.4) is 0 Å². The van der Waals surface area contributed by atoms with E-state index in [1.165, 1.54) is 38.5 Å². The molecule has 0 bridgehead atoms. The van der Waals surface area contributed by atoms with Gasteiger partial charge in [0.25, 0.3) is 0 Å². The maximum absolute atomic E-state index is 13.0. The van der Waals surface area contributed by atoms with Crippen LogP contribution in [0.4, 0.5) is 8.78 Å². The molecular formula is C17H28F2. The zero-order valence-corrected chi connectivity index (χ0v) is 12.2. The zero-order chi connectivity index (χ0) is 13.9. The average Bonchev–Trinajstić information content (AvgIpc) is 2.38. The van der Waals surface area contributed by atoms with E-state index in [4.69, 9.17) is 0 Å². The molecule has 2 fully saturated rings. The first-order valence-electron chi connectivity index (χ1n) is 7.98. The number of halogens is 2. The Morgan fingerprint density at radius 2 is 1.42 bits per heavy atom. The summed E-state index contributed by atoms with van der Waals surface area (Å²) in [7, 11) is 0. The Morgan fingerprint density at radius 1 is 0.947 bits per heavy atom. The van der Waals surface area contributed by atoms with Gasteiger partial charge in [-0.05, 0) is 82.0 Å². The third-order valence-corrected chi connectivity index (χ3v) is 5.36. The van der Waals surface area contributed by atoms with Crippen LogP contribution in [0.15, 0.2) is 12.7 Å². The van der Waals surface area contributed by atoms with Crippen molar-refractivity contribution < 1.29 is 8.78 Å². The highest BCUT2D eigenvalue weighted by molar-refractivity contribution is 4.87. The molecule has 19 heavy (non-hydrogen) atoms. The summed E-state index contributed by atoms with van der Waals surface area (Å²) in [5.41, 5.74) is 0. The summed E-state index contributed by atoms with van der Waals surface area (Å²) in [4.78, 5) is 0. The maximum Gasteiger partial charge on any atom is 0.245 e. The molecular weight excluding hydrogens is 242 g/mol. The predicted molar refractivity (Wildman–Crippen MR) is 76.3 cm³/mol. The van der Waals surface area contributed by atoms with Crippen LogP contribution in [0.2, 0.25) is 0 Å². The van der Waals surface area contributed by atoms with Gasteiger partial charge in [-0.15, -0.1) is 6.58 Å². The predicted octanol–water partition coefficient (Wildman–Crippen LogP) is 5.83. The summed E-state index contributed by atoms with van der Waals surface area (Å²) in [5, 5.41) is 0. The van der Waals surface area contributed by atoms with Gasteiger partial charge in [-0.25, -0.2) is 8.78 Å². The Morgan fingerprint density at radius 3 is 1.84 bits per heavy atom. The smallest absolute Gasteiger partial charge is 0.207 e. The first-order chi connectivity index (χ1) is 8.98. The van der Waals surface area contributed by atoms with Gasteiger partial charge < -0.3 is 0 Å². The molecule has 0 aromatic heterocycles. The van der Waals surface area contributed by atoms with Crippen molar-refractivity contribution in [3.8, 4) is 0 Å². The van der Waals surface area contributed by atoms with Crippen LogP contribution in [0.1, 0.15) is 64.7 Å². The number of allylic oxidation sites excluding steroid dienone is 1. The molecule has 110 valence electrons. The number of rotatable bonds is 4. The molecule has 0 aliphatic heterocycles. The maximum atomic E-state index is 13.0. The van der Waals surface area contributed by atoms with E-state index < -0.39 is 5.92 Å². The van der Waals surface area contributed by atoms with Crippen molar-refractivity contribution in [1.29, 1.82) is 0 Å². The zero-order valence-electron chi connectivity index (χ0n) is 12.2. The first-order valence-corrected chi connectivity index (χ1v) is 7.98. The Labute approximate surface area is 116 Å². The molecule has 2 aliphatic rings. The molecule has 0 spiro atoms. The molecule has 0 heterocycles. The van der Waals surface area contributed by atoms with E-state index in [-0.39, 0.29) is 12.3 Å². The van der Waals surface area contributed by atoms with Crippen LogP contribution >= 0.6 is 0 Å². The van der Waals surface area contributed by atoms with Crippen molar-refractivity contribution in [2.75, 3.05) is 0 Å². The standard InChI is InChI=1S/C17H28F2/c1-3-13-4-8-15(9-5-13)16-10-6-14(7-11-16)12-17(2,18)19/h3,13-16H,1,4-12H2,2H3. The van der Waals surface area contributed by atoms with E-state index >= 15 is 0 Å². The van der Waals surface area contributed by atoms with Gasteiger partial charge in [0.05, 0.1) is 0 Å². The summed E-state index contributed by atoms with van der Waals surface area (Å²) in [5.74, 6) is 0.193. The van der Waals surface area contributed by atoms with Crippen molar-refractivity contribution in [2.45, 2.75) is 70.6 Å². The molecule has 0 unspecified atom stereocenters. The van der Waals surface area contributed by atoms with Crippen LogP contribution in [0.5, 0.6) is 0 Å². The van der Waals surface area contributed by atoms with Gasteiger partial charge in [-0.2, -0.15) is 0 Å². The van der Waals surface area contributed by atoms with Gasteiger partial charge in [-0.1, -0.05) is 6.08 Å². The Bertz CT molecular complexity index is 276. The van der Waals surface area contributed by atoms with E-state index in [0.717, 1.165) is 37.5 Å². The Balaban J connectivity index is 1.73. The van der Waals surface area contributed by atoms with Gasteiger partial charge in [0, 0.05) is 6.42 Å². The second kappa shape index (κ2) is 6.37. The lowest BCUT2D eigenvalue weighted by atomic mass is 9.68. The summed E-state index contributed by atoms with van der Waals surface area (Å²) >= 11 is 0. The number of hydrogen-bond acceptors (Lipinski definition) is 0. The summed E-state index contributed by atoms with van der Waals surface area (Å²) in [6, 6.07) is 0. The normalized spacial score (nSPS) is 37.0. The van der Waals surface area contributed by atoms with Gasteiger partial charge >= 0.3 is 0 Å². The van der Waals surface area contributed by atoms with E-state index in [1.807, 2.05) is 0 Å². The van der Waals surface area contributed by atoms with E-state index in [9.17, 15) is 8.78 Å². The summed E-state index contributed by atoms with van der Waals surface area (Å²) < 4.78 is 26.1. The van der Waals surface area contributed by atoms with Gasteiger partial charge in [0.1, 0.15) is 0 Å². The molecule has 2 aliphatic carbocycles. The highest BCUT2D eigenvalue weighted by Crippen LogP contribution is 2.43. The molecule has 0 saturated heterocycles. The van der Waals surface area contributed by atoms with Crippen molar-refractivity contribution in [1.82, 2.24) is 0 Å². The molecule has 0 radical (unpaired) electrons. The van der Waals surface area contributed by atoms with Gasteiger partial charge in [0.15, 0.2) is 0 Å². The minimum atomic E-state index is -2.47. The highest BCUT2D eigenvalue weighted by Gasteiger charge is 2.33. The molecule has 2 heteroatoms. The second-order valence-electron chi connectivity index (χ2n) is 6.97. The van der Waals surface area contributed by atoms with Crippen LogP contribution in [-0.2, 0) is 0 Å². The number of hydrogen-bond donors (Lipinski definition) is 0. The van der Waals surface area contributed by atoms with Crippen LogP contribution in [0.25, 0.3) is 0 Å². The fraction of sp³-hybridized carbons (Fsp3) is 0.882. The minimum absolute atomic E-state index is 0.100. The fourth-order valence-electron chi connectivity index (χ4n) is 4.22. The third kappa shape index (κ3) is 4.57. The molecule has 2 rings (SSSR count). The lowest BCUT2D eigenvalue weighted by Crippen LogP contribution is -2.27. The molecule has 0 aromatic carbocycles. The quantitative estimate of drug-likeness (QED) is 0.564. The molecule has 0 N–H and O–H groups in total. The van der Waals surface area contributed by atoms with Gasteiger partial charge in [-0.3, -0.25) is 0 Å². The van der Waals surface area contributed by atoms with E-state index in [0.29, 0.717) is 0 Å². The molecule has 0 atom stereocenters. The summed E-state index contributed by atoms with van der Waals surface area (Å²) in [6.07, 6.45) is 11.9. The molecule has 0 amide bonds. The topological polar surface area (TPSA) is 0 Å². The Hall–Kier alpha value is -0.400. The largest absolute Gasteiger partial charge is 0.245 e. The van der Waals surface area contributed by atoms with Crippen molar-refractivity contribution in [3.63, 3.8) is 0 Å². The van der Waals surface area contributed by atoms with E-state index in [2.05, 4.69) is 12.7 Å². The van der Waals surface area contributed by atoms with Crippen LogP contribution in [0, 0.1) is 23.7 Å². The lowest BCUT2D eigenvalue weighted by molar-refractivity contribution is -0.0130. The molecule has 2 saturated carbocycles. The van der Waals surface area contributed by atoms with Crippen molar-refractivity contribution in [3.05, 3.63) is 12.7 Å². The second-order valence-corrected chi connectivity index (χ2v) is 6.97. The Kier molecular flexibility index (Phi) is 5.03. The SMILES string of the molecule is C=CC1CCC(C2CCC(CC(C)(F)F)CC2)CC1. The monoisotopic (exact) mass is 270 g/mol.